The Hall–Kier alpha value is -0.990. The fraction of sp³-hybridized carbons (Fsp3) is 0.727. The predicted octanol–water partition coefficient (Wildman–Crippen LogP) is 2.07. The van der Waals surface area contributed by atoms with E-state index in [1.54, 1.807) is 10.7 Å². The molecule has 1 N–H and O–H groups in total. The molecule has 1 aromatic heterocycles. The van der Waals surface area contributed by atoms with Gasteiger partial charge in [-0.25, -0.2) is 0 Å². The number of hydrogen-bond donors (Lipinski definition) is 1. The zero-order valence-electron chi connectivity index (χ0n) is 8.75. The summed E-state index contributed by atoms with van der Waals surface area (Å²) in [5.41, 5.74) is 1.08. The third-order valence-corrected chi connectivity index (χ3v) is 3.08. The first-order valence-corrected chi connectivity index (χ1v) is 5.52. The van der Waals surface area contributed by atoms with Gasteiger partial charge in [0.15, 0.2) is 0 Å². The first kappa shape index (κ1) is 9.56. The quantitative estimate of drug-likeness (QED) is 0.769. The van der Waals surface area contributed by atoms with Crippen LogP contribution < -0.4 is 5.56 Å². The standard InChI is InChI=1S/C11H18N2O/c1-9-7-11(14)13(12-9)8-10-5-3-2-4-6-10/h7,10,12H,2-6,8H2,1H3. The van der Waals surface area contributed by atoms with E-state index in [-0.39, 0.29) is 5.56 Å². The molecule has 1 aromatic rings. The van der Waals surface area contributed by atoms with Crippen molar-refractivity contribution in [3.05, 3.63) is 22.1 Å². The highest BCUT2D eigenvalue weighted by molar-refractivity contribution is 4.95. The topological polar surface area (TPSA) is 37.8 Å². The third kappa shape index (κ3) is 2.08. The van der Waals surface area contributed by atoms with E-state index in [0.717, 1.165) is 12.2 Å². The summed E-state index contributed by atoms with van der Waals surface area (Å²) in [6, 6.07) is 1.67. The van der Waals surface area contributed by atoms with E-state index in [9.17, 15) is 4.79 Å². The van der Waals surface area contributed by atoms with Crippen molar-refractivity contribution in [3.8, 4) is 0 Å². The van der Waals surface area contributed by atoms with Crippen LogP contribution in [-0.4, -0.2) is 9.78 Å². The predicted molar refractivity (Wildman–Crippen MR) is 56.4 cm³/mol. The second-order valence-electron chi connectivity index (χ2n) is 4.39. The summed E-state index contributed by atoms with van der Waals surface area (Å²) in [5.74, 6) is 0.708. The van der Waals surface area contributed by atoms with Gasteiger partial charge in [-0.2, -0.15) is 0 Å². The van der Waals surface area contributed by atoms with Crippen LogP contribution in [0, 0.1) is 12.8 Å². The summed E-state index contributed by atoms with van der Waals surface area (Å²) >= 11 is 0. The summed E-state index contributed by atoms with van der Waals surface area (Å²) in [6.07, 6.45) is 6.60. The van der Waals surface area contributed by atoms with Crippen LogP contribution in [0.3, 0.4) is 0 Å². The first-order chi connectivity index (χ1) is 6.75. The zero-order chi connectivity index (χ0) is 9.97. The molecule has 0 spiro atoms. The fourth-order valence-electron chi connectivity index (χ4n) is 2.33. The van der Waals surface area contributed by atoms with Crippen molar-refractivity contribution >= 4 is 0 Å². The van der Waals surface area contributed by atoms with E-state index in [1.807, 2.05) is 6.92 Å². The number of rotatable bonds is 2. The number of aromatic nitrogens is 2. The molecule has 1 saturated carbocycles. The van der Waals surface area contributed by atoms with Crippen LogP contribution in [0.15, 0.2) is 10.9 Å². The maximum atomic E-state index is 11.4. The molecule has 0 atom stereocenters. The SMILES string of the molecule is Cc1cc(=O)n(CC2CCCCC2)[nH]1. The van der Waals surface area contributed by atoms with E-state index in [1.165, 1.54) is 32.1 Å². The highest BCUT2D eigenvalue weighted by Gasteiger charge is 2.14. The summed E-state index contributed by atoms with van der Waals surface area (Å²) in [6.45, 7) is 2.81. The Labute approximate surface area is 84.1 Å². The average Bonchev–Trinajstić information content (AvgIpc) is 2.47. The van der Waals surface area contributed by atoms with Crippen molar-refractivity contribution in [2.24, 2.45) is 5.92 Å². The maximum absolute atomic E-state index is 11.4. The van der Waals surface area contributed by atoms with Crippen LogP contribution in [0.4, 0.5) is 0 Å². The van der Waals surface area contributed by atoms with Crippen LogP contribution in [0.1, 0.15) is 37.8 Å². The molecule has 0 aliphatic heterocycles. The van der Waals surface area contributed by atoms with Crippen molar-refractivity contribution in [2.45, 2.75) is 45.6 Å². The number of nitrogens with zero attached hydrogens (tertiary/aromatic N) is 1. The van der Waals surface area contributed by atoms with Gasteiger partial charge in [-0.15, -0.1) is 0 Å². The van der Waals surface area contributed by atoms with Gasteiger partial charge in [-0.3, -0.25) is 14.6 Å². The van der Waals surface area contributed by atoms with E-state index in [4.69, 9.17) is 0 Å². The minimum atomic E-state index is 0.119. The van der Waals surface area contributed by atoms with Gasteiger partial charge in [0.1, 0.15) is 0 Å². The molecule has 1 heterocycles. The average molecular weight is 194 g/mol. The minimum absolute atomic E-state index is 0.119. The second-order valence-corrected chi connectivity index (χ2v) is 4.39. The van der Waals surface area contributed by atoms with Gasteiger partial charge >= 0.3 is 0 Å². The summed E-state index contributed by atoms with van der Waals surface area (Å²) in [7, 11) is 0. The molecule has 0 amide bonds. The molecule has 78 valence electrons. The highest BCUT2D eigenvalue weighted by Crippen LogP contribution is 2.24. The lowest BCUT2D eigenvalue weighted by Crippen LogP contribution is -2.22. The Morgan fingerprint density at radius 3 is 2.71 bits per heavy atom. The van der Waals surface area contributed by atoms with E-state index in [0.29, 0.717) is 5.92 Å². The van der Waals surface area contributed by atoms with E-state index < -0.39 is 0 Å². The number of aromatic amines is 1. The van der Waals surface area contributed by atoms with Crippen molar-refractivity contribution in [1.82, 2.24) is 9.78 Å². The molecule has 14 heavy (non-hydrogen) atoms. The highest BCUT2D eigenvalue weighted by atomic mass is 16.1. The minimum Gasteiger partial charge on any atom is -0.300 e. The fourth-order valence-corrected chi connectivity index (χ4v) is 2.33. The van der Waals surface area contributed by atoms with Gasteiger partial charge in [0.2, 0.25) is 0 Å². The zero-order valence-corrected chi connectivity index (χ0v) is 8.75. The molecule has 3 heteroatoms. The lowest BCUT2D eigenvalue weighted by Gasteiger charge is -2.21. The normalized spacial score (nSPS) is 18.6. The Morgan fingerprint density at radius 1 is 1.43 bits per heavy atom. The van der Waals surface area contributed by atoms with Crippen LogP contribution in [0.25, 0.3) is 0 Å². The number of nitrogens with one attached hydrogen (secondary N) is 1. The van der Waals surface area contributed by atoms with Crippen LogP contribution in [0.5, 0.6) is 0 Å². The molecule has 2 rings (SSSR count). The molecule has 1 aliphatic carbocycles. The monoisotopic (exact) mass is 194 g/mol. The Balaban J connectivity index is 2.02. The van der Waals surface area contributed by atoms with Gasteiger partial charge in [-0.05, 0) is 25.7 Å². The van der Waals surface area contributed by atoms with E-state index >= 15 is 0 Å². The molecule has 1 fully saturated rings. The van der Waals surface area contributed by atoms with Gasteiger partial charge in [0.25, 0.3) is 5.56 Å². The molecule has 0 bridgehead atoms. The first-order valence-electron chi connectivity index (χ1n) is 5.52. The summed E-state index contributed by atoms with van der Waals surface area (Å²) in [4.78, 5) is 11.4. The van der Waals surface area contributed by atoms with Crippen LogP contribution in [-0.2, 0) is 6.54 Å². The van der Waals surface area contributed by atoms with Crippen molar-refractivity contribution in [2.75, 3.05) is 0 Å². The van der Waals surface area contributed by atoms with E-state index in [2.05, 4.69) is 5.10 Å². The molecule has 3 nitrogen and oxygen atoms in total. The molecule has 1 aliphatic rings. The number of hydrogen-bond acceptors (Lipinski definition) is 1. The lowest BCUT2D eigenvalue weighted by atomic mass is 9.89. The van der Waals surface area contributed by atoms with Crippen molar-refractivity contribution < 1.29 is 0 Å². The molecule has 0 aromatic carbocycles. The Kier molecular flexibility index (Phi) is 2.75. The Bertz CT molecular complexity index is 344. The summed E-state index contributed by atoms with van der Waals surface area (Å²) < 4.78 is 1.76. The number of aryl methyl sites for hydroxylation is 1. The van der Waals surface area contributed by atoms with Gasteiger partial charge in [0, 0.05) is 18.3 Å². The molecule has 0 unspecified atom stereocenters. The van der Waals surface area contributed by atoms with Crippen molar-refractivity contribution in [3.63, 3.8) is 0 Å². The second kappa shape index (κ2) is 4.03. The third-order valence-electron chi connectivity index (χ3n) is 3.08. The largest absolute Gasteiger partial charge is 0.300 e. The van der Waals surface area contributed by atoms with Crippen LogP contribution >= 0.6 is 0 Å². The maximum Gasteiger partial charge on any atom is 0.266 e. The lowest BCUT2D eigenvalue weighted by molar-refractivity contribution is 0.304. The molecule has 0 saturated heterocycles. The van der Waals surface area contributed by atoms with Gasteiger partial charge in [-0.1, -0.05) is 19.3 Å². The van der Waals surface area contributed by atoms with Gasteiger partial charge in [0.05, 0.1) is 0 Å². The molecular weight excluding hydrogens is 176 g/mol. The Morgan fingerprint density at radius 2 is 2.14 bits per heavy atom. The number of H-pyrrole nitrogens is 1. The van der Waals surface area contributed by atoms with Crippen LogP contribution in [0.2, 0.25) is 0 Å². The summed E-state index contributed by atoms with van der Waals surface area (Å²) in [5, 5.41) is 3.10. The van der Waals surface area contributed by atoms with Crippen molar-refractivity contribution in [1.29, 1.82) is 0 Å². The molecule has 0 radical (unpaired) electrons. The smallest absolute Gasteiger partial charge is 0.266 e. The molecular formula is C11H18N2O. The van der Waals surface area contributed by atoms with Gasteiger partial charge < -0.3 is 0 Å².